The second kappa shape index (κ2) is 12.0. The summed E-state index contributed by atoms with van der Waals surface area (Å²) >= 11 is 0. The summed E-state index contributed by atoms with van der Waals surface area (Å²) in [5, 5.41) is 10.3. The van der Waals surface area contributed by atoms with Crippen molar-refractivity contribution in [3.8, 4) is 0 Å². The van der Waals surface area contributed by atoms with Gasteiger partial charge in [0.15, 0.2) is 0 Å². The van der Waals surface area contributed by atoms with E-state index in [0.29, 0.717) is 13.0 Å². The maximum atomic E-state index is 10.3. The maximum absolute atomic E-state index is 10.3. The van der Waals surface area contributed by atoms with Gasteiger partial charge < -0.3 is 25.1 Å². The van der Waals surface area contributed by atoms with E-state index in [2.05, 4.69) is 13.5 Å². The Morgan fingerprint density at radius 2 is 2.04 bits per heavy atom. The van der Waals surface area contributed by atoms with E-state index in [4.69, 9.17) is 19.9 Å². The van der Waals surface area contributed by atoms with E-state index in [0.717, 1.165) is 54.8 Å². The zero-order chi connectivity index (χ0) is 21.2. The van der Waals surface area contributed by atoms with Gasteiger partial charge in [0.25, 0.3) is 0 Å². The van der Waals surface area contributed by atoms with Gasteiger partial charge in [-0.2, -0.15) is 0 Å². The van der Waals surface area contributed by atoms with Crippen LogP contribution in [0.25, 0.3) is 0 Å². The van der Waals surface area contributed by atoms with Crippen molar-refractivity contribution in [1.29, 1.82) is 0 Å². The molecule has 0 heterocycles. The Balaban J connectivity index is 3.42. The van der Waals surface area contributed by atoms with Crippen LogP contribution < -0.4 is 5.73 Å². The molecular weight excluding hydrogens is 354 g/mol. The summed E-state index contributed by atoms with van der Waals surface area (Å²) in [4.78, 5) is 0. The lowest BCUT2D eigenvalue weighted by molar-refractivity contribution is 0.0253. The number of allylic oxidation sites excluding steroid dienone is 4. The van der Waals surface area contributed by atoms with Crippen molar-refractivity contribution < 1.29 is 19.3 Å². The van der Waals surface area contributed by atoms with Crippen LogP contribution in [-0.2, 0) is 14.2 Å². The van der Waals surface area contributed by atoms with Crippen LogP contribution in [-0.4, -0.2) is 39.1 Å². The predicted molar refractivity (Wildman–Crippen MR) is 115 cm³/mol. The highest BCUT2D eigenvalue weighted by atomic mass is 16.5. The Morgan fingerprint density at radius 3 is 2.57 bits per heavy atom. The zero-order valence-corrected chi connectivity index (χ0v) is 18.3. The number of hydrogen-bond acceptors (Lipinski definition) is 5. The first-order chi connectivity index (χ1) is 13.4. The largest absolute Gasteiger partial charge is 0.515 e. The molecule has 1 fully saturated rings. The molecule has 0 bridgehead atoms. The van der Waals surface area contributed by atoms with Gasteiger partial charge in [-0.05, 0) is 49.3 Å². The Hall–Kier alpha value is -1.72. The van der Waals surface area contributed by atoms with E-state index in [1.165, 1.54) is 6.26 Å². The third-order valence-corrected chi connectivity index (χ3v) is 5.94. The lowest BCUT2D eigenvalue weighted by Crippen LogP contribution is -2.51. The van der Waals surface area contributed by atoms with Crippen LogP contribution in [0.5, 0.6) is 0 Å². The average molecular weight is 394 g/mol. The van der Waals surface area contributed by atoms with Crippen molar-refractivity contribution >= 4 is 0 Å². The van der Waals surface area contributed by atoms with Gasteiger partial charge in [-0.1, -0.05) is 32.4 Å². The molecule has 0 amide bonds. The van der Waals surface area contributed by atoms with E-state index in [9.17, 15) is 5.11 Å². The number of aliphatic hydroxyl groups excluding tert-OH is 1. The van der Waals surface area contributed by atoms with Crippen molar-refractivity contribution in [2.45, 2.75) is 58.4 Å². The number of aliphatic hydroxyl groups is 1. The number of unbranched alkanes of at least 4 members (excludes halogenated alkanes) is 1. The van der Waals surface area contributed by atoms with E-state index >= 15 is 0 Å². The summed E-state index contributed by atoms with van der Waals surface area (Å²) in [7, 11) is 5.01. The average Bonchev–Trinajstić information content (AvgIpc) is 2.69. The number of rotatable bonds is 11. The monoisotopic (exact) mass is 393 g/mol. The van der Waals surface area contributed by atoms with Gasteiger partial charge in [0.1, 0.15) is 0 Å². The highest BCUT2D eigenvalue weighted by molar-refractivity contribution is 5.43. The predicted octanol–water partition coefficient (Wildman–Crippen LogP) is 5.02. The molecule has 3 N–H and O–H groups in total. The Kier molecular flexibility index (Phi) is 10.4. The number of hydrogen-bond donors (Lipinski definition) is 2. The van der Waals surface area contributed by atoms with Crippen molar-refractivity contribution in [2.24, 2.45) is 17.1 Å². The van der Waals surface area contributed by atoms with Crippen molar-refractivity contribution in [2.75, 3.05) is 27.9 Å². The SMILES string of the molecule is C=C(CCC1C(N)CC(=C/C=C(\C)OC)/C(=C/O)[C@]1(CCCC)COC)OC. The molecule has 2 unspecified atom stereocenters. The van der Waals surface area contributed by atoms with Gasteiger partial charge in [-0.3, -0.25) is 0 Å². The van der Waals surface area contributed by atoms with Gasteiger partial charge in [-0.15, -0.1) is 0 Å². The summed E-state index contributed by atoms with van der Waals surface area (Å²) in [5.41, 5.74) is 8.33. The summed E-state index contributed by atoms with van der Waals surface area (Å²) < 4.78 is 16.2. The van der Waals surface area contributed by atoms with Crippen LogP contribution in [0.4, 0.5) is 0 Å². The minimum absolute atomic E-state index is 0.0390. The molecule has 160 valence electrons. The molecule has 1 rings (SSSR count). The van der Waals surface area contributed by atoms with Crippen LogP contribution in [0.1, 0.15) is 52.4 Å². The second-order valence-electron chi connectivity index (χ2n) is 7.66. The highest BCUT2D eigenvalue weighted by Crippen LogP contribution is 2.52. The minimum atomic E-state index is -0.341. The van der Waals surface area contributed by atoms with Crippen LogP contribution >= 0.6 is 0 Å². The molecule has 3 atom stereocenters. The zero-order valence-electron chi connectivity index (χ0n) is 18.3. The Labute approximate surface area is 170 Å². The number of nitrogens with two attached hydrogens (primary N) is 1. The molecule has 0 saturated heterocycles. The first-order valence-electron chi connectivity index (χ1n) is 10.1. The number of methoxy groups -OCH3 is 3. The minimum Gasteiger partial charge on any atom is -0.515 e. The van der Waals surface area contributed by atoms with Crippen molar-refractivity contribution in [3.05, 3.63) is 47.7 Å². The topological polar surface area (TPSA) is 73.9 Å². The Morgan fingerprint density at radius 1 is 1.32 bits per heavy atom. The third kappa shape index (κ3) is 5.89. The van der Waals surface area contributed by atoms with E-state index in [1.807, 2.05) is 19.1 Å². The normalized spacial score (nSPS) is 28.6. The smallest absolute Gasteiger partial charge is 0.0924 e. The van der Waals surface area contributed by atoms with Crippen LogP contribution in [0, 0.1) is 11.3 Å². The van der Waals surface area contributed by atoms with Crippen molar-refractivity contribution in [1.82, 2.24) is 0 Å². The van der Waals surface area contributed by atoms with Gasteiger partial charge in [0.2, 0.25) is 0 Å². The summed E-state index contributed by atoms with van der Waals surface area (Å²) in [5.74, 6) is 1.72. The first-order valence-corrected chi connectivity index (χ1v) is 10.1. The highest BCUT2D eigenvalue weighted by Gasteiger charge is 2.49. The summed E-state index contributed by atoms with van der Waals surface area (Å²) in [6.45, 7) is 8.55. The molecule has 1 aliphatic carbocycles. The maximum Gasteiger partial charge on any atom is 0.0924 e. The molecule has 0 spiro atoms. The number of ether oxygens (including phenoxy) is 3. The molecule has 5 nitrogen and oxygen atoms in total. The quantitative estimate of drug-likeness (QED) is 0.482. The molecule has 0 aromatic carbocycles. The van der Waals surface area contributed by atoms with Gasteiger partial charge >= 0.3 is 0 Å². The molecule has 0 aromatic rings. The van der Waals surface area contributed by atoms with E-state index in [1.54, 1.807) is 21.3 Å². The molecule has 0 aliphatic heterocycles. The molecular formula is C23H39NO4. The fraction of sp³-hybridized carbons (Fsp3) is 0.652. The molecule has 0 aromatic heterocycles. The Bertz CT molecular complexity index is 593. The third-order valence-electron chi connectivity index (χ3n) is 5.94. The van der Waals surface area contributed by atoms with Crippen molar-refractivity contribution in [3.63, 3.8) is 0 Å². The van der Waals surface area contributed by atoms with Crippen LogP contribution in [0.2, 0.25) is 0 Å². The van der Waals surface area contributed by atoms with E-state index < -0.39 is 0 Å². The van der Waals surface area contributed by atoms with Gasteiger partial charge in [0.05, 0.1) is 38.6 Å². The van der Waals surface area contributed by atoms with Crippen LogP contribution in [0.3, 0.4) is 0 Å². The van der Waals surface area contributed by atoms with Crippen LogP contribution in [0.15, 0.2) is 47.7 Å². The lowest BCUT2D eigenvalue weighted by atomic mass is 9.57. The fourth-order valence-corrected chi connectivity index (χ4v) is 4.33. The summed E-state index contributed by atoms with van der Waals surface area (Å²) in [6, 6.07) is -0.0390. The van der Waals surface area contributed by atoms with Gasteiger partial charge in [-0.25, -0.2) is 0 Å². The lowest BCUT2D eigenvalue weighted by Gasteiger charge is -2.49. The van der Waals surface area contributed by atoms with E-state index in [-0.39, 0.29) is 17.4 Å². The molecule has 1 saturated carbocycles. The first kappa shape index (κ1) is 24.3. The fourth-order valence-electron chi connectivity index (χ4n) is 4.33. The molecule has 5 heteroatoms. The summed E-state index contributed by atoms with van der Waals surface area (Å²) in [6.07, 6.45) is 10.5. The van der Waals surface area contributed by atoms with Gasteiger partial charge in [0, 0.05) is 25.0 Å². The standard InChI is InChI=1S/C23H39NO4/c1-7-8-13-23(16-26-4)20(12-10-18(3)28-6)22(24)14-19(21(23)15-25)11-9-17(2)27-5/h9,11,15,20,22,25H,3,7-8,10,12-14,16,24H2,1-2,4-6H3/b17-9+,19-11-,21-15-/t20?,22?,23-/m1/s1. The molecule has 1 aliphatic rings. The second-order valence-corrected chi connectivity index (χ2v) is 7.66. The molecule has 28 heavy (non-hydrogen) atoms. The molecule has 0 radical (unpaired) electrons.